The maximum Gasteiger partial charge on any atom is 0.245 e. The molecule has 0 aromatic heterocycles. The van der Waals surface area contributed by atoms with E-state index in [1.54, 1.807) is 4.90 Å². The number of hydrogen-bond acceptors (Lipinski definition) is 2. The molecular formula is C12H21NO2. The van der Waals surface area contributed by atoms with Crippen molar-refractivity contribution < 1.29 is 9.53 Å². The number of likely N-dealkylation sites (N-methyl/N-ethyl adjacent to an activating group) is 1. The Morgan fingerprint density at radius 2 is 2.33 bits per heavy atom. The fourth-order valence-corrected chi connectivity index (χ4v) is 2.18. The first-order valence-corrected chi connectivity index (χ1v) is 5.69. The van der Waals surface area contributed by atoms with Gasteiger partial charge in [-0.1, -0.05) is 6.58 Å². The van der Waals surface area contributed by atoms with Crippen LogP contribution >= 0.6 is 0 Å². The molecule has 1 saturated carbocycles. The van der Waals surface area contributed by atoms with Gasteiger partial charge in [-0.25, -0.2) is 0 Å². The molecule has 2 unspecified atom stereocenters. The third-order valence-electron chi connectivity index (χ3n) is 3.07. The zero-order valence-corrected chi connectivity index (χ0v) is 9.74. The van der Waals surface area contributed by atoms with Gasteiger partial charge in [-0.15, -0.1) is 0 Å². The lowest BCUT2D eigenvalue weighted by atomic mass is 9.92. The van der Waals surface area contributed by atoms with Crippen LogP contribution in [-0.4, -0.2) is 36.6 Å². The molecular weight excluding hydrogens is 190 g/mol. The topological polar surface area (TPSA) is 29.5 Å². The number of rotatable bonds is 4. The average Bonchev–Trinajstić information content (AvgIpc) is 2.28. The van der Waals surface area contributed by atoms with Gasteiger partial charge in [-0.05, 0) is 38.7 Å². The van der Waals surface area contributed by atoms with Crippen molar-refractivity contribution in [1.29, 1.82) is 0 Å². The Morgan fingerprint density at radius 3 is 2.93 bits per heavy atom. The van der Waals surface area contributed by atoms with Crippen molar-refractivity contribution in [2.24, 2.45) is 0 Å². The predicted octanol–water partition coefficient (Wildman–Crippen LogP) is 1.98. The summed E-state index contributed by atoms with van der Waals surface area (Å²) in [5.41, 5.74) is 0. The molecule has 1 aliphatic carbocycles. The Labute approximate surface area is 92.1 Å². The number of carbonyl (C=O) groups is 1. The van der Waals surface area contributed by atoms with Crippen LogP contribution in [0.15, 0.2) is 12.7 Å². The lowest BCUT2D eigenvalue weighted by Crippen LogP contribution is -2.41. The van der Waals surface area contributed by atoms with Gasteiger partial charge in [-0.3, -0.25) is 4.79 Å². The maximum atomic E-state index is 11.4. The van der Waals surface area contributed by atoms with Crippen molar-refractivity contribution >= 4 is 5.91 Å². The molecule has 1 rings (SSSR count). The monoisotopic (exact) mass is 211 g/mol. The Balaban J connectivity index is 2.47. The summed E-state index contributed by atoms with van der Waals surface area (Å²) in [5.74, 6) is 0.0112. The van der Waals surface area contributed by atoms with E-state index >= 15 is 0 Å². The minimum atomic E-state index is 0.0112. The van der Waals surface area contributed by atoms with Gasteiger partial charge < -0.3 is 9.64 Å². The molecule has 15 heavy (non-hydrogen) atoms. The summed E-state index contributed by atoms with van der Waals surface area (Å²) in [6, 6.07) is 0.320. The van der Waals surface area contributed by atoms with Crippen molar-refractivity contribution in [3.8, 4) is 0 Å². The molecule has 1 fully saturated rings. The first-order chi connectivity index (χ1) is 7.19. The number of carbonyl (C=O) groups excluding carboxylic acids is 1. The predicted molar refractivity (Wildman–Crippen MR) is 60.6 cm³/mol. The van der Waals surface area contributed by atoms with E-state index < -0.39 is 0 Å². The van der Waals surface area contributed by atoms with Crippen LogP contribution < -0.4 is 0 Å². The molecule has 0 saturated heterocycles. The van der Waals surface area contributed by atoms with E-state index in [1.165, 1.54) is 6.08 Å². The highest BCUT2D eigenvalue weighted by Gasteiger charge is 2.26. The Hall–Kier alpha value is -0.830. The van der Waals surface area contributed by atoms with Crippen LogP contribution in [0.25, 0.3) is 0 Å². The van der Waals surface area contributed by atoms with E-state index in [-0.39, 0.29) is 5.91 Å². The summed E-state index contributed by atoms with van der Waals surface area (Å²) in [4.78, 5) is 13.2. The van der Waals surface area contributed by atoms with E-state index in [1.807, 2.05) is 14.0 Å². The van der Waals surface area contributed by atoms with E-state index in [9.17, 15) is 4.79 Å². The van der Waals surface area contributed by atoms with Gasteiger partial charge in [0.25, 0.3) is 0 Å². The fraction of sp³-hybridized carbons (Fsp3) is 0.750. The normalized spacial score (nSPS) is 26.0. The molecule has 0 N–H and O–H groups in total. The number of ether oxygens (including phenoxy) is 1. The van der Waals surface area contributed by atoms with Gasteiger partial charge >= 0.3 is 0 Å². The number of nitrogens with zero attached hydrogens (tertiary/aromatic N) is 1. The van der Waals surface area contributed by atoms with Gasteiger partial charge in [0.15, 0.2) is 0 Å². The van der Waals surface area contributed by atoms with E-state index in [4.69, 9.17) is 4.74 Å². The lowest BCUT2D eigenvalue weighted by molar-refractivity contribution is -0.128. The summed E-state index contributed by atoms with van der Waals surface area (Å²) in [7, 11) is 1.85. The van der Waals surface area contributed by atoms with Crippen molar-refractivity contribution in [2.75, 3.05) is 13.7 Å². The maximum absolute atomic E-state index is 11.4. The first kappa shape index (κ1) is 12.2. The second-order valence-corrected chi connectivity index (χ2v) is 4.05. The second-order valence-electron chi connectivity index (χ2n) is 4.05. The molecule has 0 aromatic rings. The SMILES string of the molecule is C=CC(=O)N(C)C1CCCC(OCC)C1. The molecule has 86 valence electrons. The third-order valence-corrected chi connectivity index (χ3v) is 3.07. The highest BCUT2D eigenvalue weighted by atomic mass is 16.5. The minimum Gasteiger partial charge on any atom is -0.378 e. The molecule has 3 nitrogen and oxygen atoms in total. The van der Waals surface area contributed by atoms with Gasteiger partial charge in [0.2, 0.25) is 5.91 Å². The van der Waals surface area contributed by atoms with Crippen molar-refractivity contribution in [2.45, 2.75) is 44.8 Å². The average molecular weight is 211 g/mol. The number of amides is 1. The van der Waals surface area contributed by atoms with Crippen molar-refractivity contribution in [3.63, 3.8) is 0 Å². The molecule has 0 bridgehead atoms. The molecule has 0 aromatic carbocycles. The Morgan fingerprint density at radius 1 is 1.60 bits per heavy atom. The van der Waals surface area contributed by atoms with Gasteiger partial charge in [0.05, 0.1) is 6.10 Å². The summed E-state index contributed by atoms with van der Waals surface area (Å²) in [5, 5.41) is 0. The van der Waals surface area contributed by atoms with Crippen LogP contribution in [0.1, 0.15) is 32.6 Å². The van der Waals surface area contributed by atoms with Gasteiger partial charge in [0, 0.05) is 19.7 Å². The van der Waals surface area contributed by atoms with Crippen LogP contribution in [0, 0.1) is 0 Å². The van der Waals surface area contributed by atoms with Crippen LogP contribution in [0.2, 0.25) is 0 Å². The molecule has 1 amide bonds. The quantitative estimate of drug-likeness (QED) is 0.665. The van der Waals surface area contributed by atoms with E-state index in [0.29, 0.717) is 12.1 Å². The summed E-state index contributed by atoms with van der Waals surface area (Å²) in [6.45, 7) is 6.29. The molecule has 0 radical (unpaired) electrons. The first-order valence-electron chi connectivity index (χ1n) is 5.69. The van der Waals surface area contributed by atoms with Crippen LogP contribution in [0.4, 0.5) is 0 Å². The second kappa shape index (κ2) is 5.91. The van der Waals surface area contributed by atoms with Crippen LogP contribution in [0.5, 0.6) is 0 Å². The summed E-state index contributed by atoms with van der Waals surface area (Å²) < 4.78 is 5.61. The van der Waals surface area contributed by atoms with Crippen molar-refractivity contribution in [3.05, 3.63) is 12.7 Å². The highest BCUT2D eigenvalue weighted by Crippen LogP contribution is 2.24. The zero-order valence-electron chi connectivity index (χ0n) is 9.74. The smallest absolute Gasteiger partial charge is 0.245 e. The summed E-state index contributed by atoms with van der Waals surface area (Å²) in [6.07, 6.45) is 6.02. The molecule has 0 aliphatic heterocycles. The largest absolute Gasteiger partial charge is 0.378 e. The van der Waals surface area contributed by atoms with E-state index in [2.05, 4.69) is 6.58 Å². The minimum absolute atomic E-state index is 0.0112. The zero-order chi connectivity index (χ0) is 11.3. The molecule has 1 aliphatic rings. The Bertz CT molecular complexity index is 226. The van der Waals surface area contributed by atoms with Gasteiger partial charge in [-0.2, -0.15) is 0 Å². The molecule has 2 atom stereocenters. The molecule has 0 spiro atoms. The standard InChI is InChI=1S/C12H21NO2/c1-4-12(14)13(3)10-7-6-8-11(9-10)15-5-2/h4,10-11H,1,5-9H2,2-3H3. The van der Waals surface area contributed by atoms with Crippen molar-refractivity contribution in [1.82, 2.24) is 4.90 Å². The van der Waals surface area contributed by atoms with Crippen LogP contribution in [-0.2, 0) is 9.53 Å². The number of hydrogen-bond donors (Lipinski definition) is 0. The van der Waals surface area contributed by atoms with Gasteiger partial charge in [0.1, 0.15) is 0 Å². The van der Waals surface area contributed by atoms with Crippen LogP contribution in [0.3, 0.4) is 0 Å². The molecule has 0 heterocycles. The summed E-state index contributed by atoms with van der Waals surface area (Å²) >= 11 is 0. The Kier molecular flexibility index (Phi) is 4.82. The molecule has 3 heteroatoms. The van der Waals surface area contributed by atoms with E-state index in [0.717, 1.165) is 32.3 Å². The fourth-order valence-electron chi connectivity index (χ4n) is 2.18. The highest BCUT2D eigenvalue weighted by molar-refractivity contribution is 5.87. The lowest BCUT2D eigenvalue weighted by Gasteiger charge is -2.34. The third kappa shape index (κ3) is 3.34.